The molecule has 1 aromatic rings. The van der Waals surface area contributed by atoms with Crippen molar-refractivity contribution in [1.82, 2.24) is 4.31 Å². The fourth-order valence-corrected chi connectivity index (χ4v) is 4.78. The zero-order valence-electron chi connectivity index (χ0n) is 12.6. The molecule has 1 saturated heterocycles. The quantitative estimate of drug-likeness (QED) is 0.869. The number of nitrogens with zero attached hydrogens (tertiary/aromatic N) is 1. The molecule has 116 valence electrons. The third kappa shape index (κ3) is 3.20. The van der Waals surface area contributed by atoms with E-state index < -0.39 is 22.2 Å². The van der Waals surface area contributed by atoms with E-state index in [9.17, 15) is 13.5 Å². The van der Waals surface area contributed by atoms with E-state index in [4.69, 9.17) is 0 Å². The van der Waals surface area contributed by atoms with Crippen LogP contribution in [-0.2, 0) is 10.0 Å². The van der Waals surface area contributed by atoms with Gasteiger partial charge in [-0.1, -0.05) is 23.8 Å². The molecule has 1 aliphatic rings. The van der Waals surface area contributed by atoms with Crippen molar-refractivity contribution in [2.45, 2.75) is 56.2 Å². The van der Waals surface area contributed by atoms with Crippen molar-refractivity contribution in [2.75, 3.05) is 0 Å². The Labute approximate surface area is 127 Å². The number of sulfonamides is 1. The van der Waals surface area contributed by atoms with Crippen LogP contribution in [0.5, 0.6) is 0 Å². The van der Waals surface area contributed by atoms with Gasteiger partial charge in [0.2, 0.25) is 10.0 Å². The number of benzene rings is 1. The number of hydrogen-bond acceptors (Lipinski definition) is 3. The summed E-state index contributed by atoms with van der Waals surface area (Å²) in [5.74, 6) is 0. The molecule has 0 aliphatic carbocycles. The minimum Gasteiger partial charge on any atom is -0.391 e. The monoisotopic (exact) mass is 309 g/mol. The highest BCUT2D eigenvalue weighted by Crippen LogP contribution is 2.31. The molecule has 21 heavy (non-hydrogen) atoms. The molecule has 0 bridgehead atoms. The van der Waals surface area contributed by atoms with Crippen molar-refractivity contribution < 1.29 is 13.5 Å². The molecular formula is C16H23NO3S. The molecule has 2 rings (SSSR count). The van der Waals surface area contributed by atoms with Crippen LogP contribution in [0, 0.1) is 6.92 Å². The van der Waals surface area contributed by atoms with Gasteiger partial charge in [0.05, 0.1) is 11.0 Å². The number of hydrogen-bond donors (Lipinski definition) is 1. The summed E-state index contributed by atoms with van der Waals surface area (Å²) >= 11 is 0. The van der Waals surface area contributed by atoms with Crippen LogP contribution in [0.4, 0.5) is 0 Å². The molecule has 1 fully saturated rings. The second-order valence-corrected chi connectivity index (χ2v) is 7.55. The topological polar surface area (TPSA) is 57.6 Å². The van der Waals surface area contributed by atoms with Gasteiger partial charge in [0.15, 0.2) is 0 Å². The maximum Gasteiger partial charge on any atom is 0.243 e. The summed E-state index contributed by atoms with van der Waals surface area (Å²) in [6, 6.07) is 6.29. The van der Waals surface area contributed by atoms with Crippen molar-refractivity contribution in [3.8, 4) is 0 Å². The Morgan fingerprint density at radius 1 is 1.33 bits per heavy atom. The van der Waals surface area contributed by atoms with Gasteiger partial charge in [-0.3, -0.25) is 0 Å². The molecule has 3 atom stereocenters. The van der Waals surface area contributed by atoms with Crippen LogP contribution in [0.2, 0.25) is 0 Å². The lowest BCUT2D eigenvalue weighted by Gasteiger charge is -2.41. The third-order valence-electron chi connectivity index (χ3n) is 4.15. The van der Waals surface area contributed by atoms with E-state index >= 15 is 0 Å². The number of aliphatic hydroxyl groups excluding tert-OH is 1. The highest BCUT2D eigenvalue weighted by atomic mass is 32.2. The molecule has 0 aromatic heterocycles. The predicted molar refractivity (Wildman–Crippen MR) is 83.5 cm³/mol. The fourth-order valence-electron chi connectivity index (χ4n) is 2.89. The second-order valence-electron chi connectivity index (χ2n) is 5.71. The maximum atomic E-state index is 12.9. The van der Waals surface area contributed by atoms with Crippen LogP contribution in [0.15, 0.2) is 41.8 Å². The number of piperidine rings is 1. The van der Waals surface area contributed by atoms with E-state index in [2.05, 4.69) is 6.58 Å². The average molecular weight is 309 g/mol. The molecule has 1 aromatic carbocycles. The Kier molecular flexibility index (Phi) is 4.86. The molecule has 0 saturated carbocycles. The first-order valence-corrected chi connectivity index (χ1v) is 8.71. The minimum absolute atomic E-state index is 0.132. The van der Waals surface area contributed by atoms with Crippen molar-refractivity contribution in [3.63, 3.8) is 0 Å². The molecule has 4 nitrogen and oxygen atoms in total. The molecule has 0 radical (unpaired) electrons. The number of aryl methyl sites for hydroxylation is 1. The second kappa shape index (κ2) is 6.30. The van der Waals surface area contributed by atoms with Gasteiger partial charge >= 0.3 is 0 Å². The lowest BCUT2D eigenvalue weighted by atomic mass is 9.95. The summed E-state index contributed by atoms with van der Waals surface area (Å²) in [6.07, 6.45) is 3.00. The van der Waals surface area contributed by atoms with Gasteiger partial charge in [0.1, 0.15) is 0 Å². The predicted octanol–water partition coefficient (Wildman–Crippen LogP) is 2.47. The molecule has 0 amide bonds. The molecule has 1 aliphatic heterocycles. The van der Waals surface area contributed by atoms with Crippen LogP contribution >= 0.6 is 0 Å². The Hall–Kier alpha value is -1.17. The van der Waals surface area contributed by atoms with Crippen molar-refractivity contribution in [3.05, 3.63) is 42.5 Å². The van der Waals surface area contributed by atoms with E-state index in [1.807, 2.05) is 6.92 Å². The van der Waals surface area contributed by atoms with Crippen molar-refractivity contribution >= 4 is 10.0 Å². The van der Waals surface area contributed by atoms with Crippen molar-refractivity contribution in [1.29, 1.82) is 0 Å². The summed E-state index contributed by atoms with van der Waals surface area (Å²) in [6.45, 7) is 7.41. The van der Waals surface area contributed by atoms with E-state index in [-0.39, 0.29) is 10.9 Å². The lowest BCUT2D eigenvalue weighted by molar-refractivity contribution is 0.0351. The van der Waals surface area contributed by atoms with Crippen LogP contribution < -0.4 is 0 Å². The average Bonchev–Trinajstić information content (AvgIpc) is 2.43. The van der Waals surface area contributed by atoms with Crippen LogP contribution in [0.3, 0.4) is 0 Å². The zero-order valence-corrected chi connectivity index (χ0v) is 13.4. The molecule has 0 spiro atoms. The lowest BCUT2D eigenvalue weighted by Crippen LogP contribution is -2.54. The smallest absolute Gasteiger partial charge is 0.243 e. The van der Waals surface area contributed by atoms with E-state index in [0.717, 1.165) is 5.56 Å². The van der Waals surface area contributed by atoms with Crippen LogP contribution in [0.25, 0.3) is 0 Å². The Morgan fingerprint density at radius 3 is 2.52 bits per heavy atom. The first kappa shape index (κ1) is 16.2. The van der Waals surface area contributed by atoms with Crippen LogP contribution in [0.1, 0.15) is 31.7 Å². The first-order chi connectivity index (χ1) is 9.87. The van der Waals surface area contributed by atoms with E-state index in [0.29, 0.717) is 19.3 Å². The van der Waals surface area contributed by atoms with Gasteiger partial charge in [0, 0.05) is 12.1 Å². The van der Waals surface area contributed by atoms with Crippen molar-refractivity contribution in [2.24, 2.45) is 0 Å². The Balaban J connectivity index is 2.42. The van der Waals surface area contributed by atoms with Gasteiger partial charge in [-0.05, 0) is 45.2 Å². The summed E-state index contributed by atoms with van der Waals surface area (Å²) < 4.78 is 27.3. The largest absolute Gasteiger partial charge is 0.391 e. The molecule has 1 heterocycles. The van der Waals surface area contributed by atoms with Gasteiger partial charge in [-0.25, -0.2) is 8.42 Å². The number of aliphatic hydroxyl groups is 1. The molecule has 1 N–H and O–H groups in total. The molecule has 5 heteroatoms. The summed E-state index contributed by atoms with van der Waals surface area (Å²) in [7, 11) is -3.61. The highest BCUT2D eigenvalue weighted by molar-refractivity contribution is 7.89. The summed E-state index contributed by atoms with van der Waals surface area (Å²) in [5, 5.41) is 10.1. The minimum atomic E-state index is -3.61. The van der Waals surface area contributed by atoms with Crippen LogP contribution in [-0.4, -0.2) is 36.0 Å². The summed E-state index contributed by atoms with van der Waals surface area (Å²) in [4.78, 5) is 0.281. The highest BCUT2D eigenvalue weighted by Gasteiger charge is 2.41. The first-order valence-electron chi connectivity index (χ1n) is 7.27. The van der Waals surface area contributed by atoms with E-state index in [1.165, 1.54) is 4.31 Å². The number of rotatable bonds is 4. The normalized spacial score (nSPS) is 27.5. The standard InChI is InChI=1S/C16H23NO3S/c1-4-5-14-8-11-16(18)13(3)17(14)21(19,20)15-9-6-12(2)7-10-15/h4,6-7,9-10,13-14,16,18H,1,5,8,11H2,2-3H3/t13-,14-,16+/m0/s1. The Morgan fingerprint density at radius 2 is 1.95 bits per heavy atom. The molecular weight excluding hydrogens is 286 g/mol. The van der Waals surface area contributed by atoms with Gasteiger partial charge < -0.3 is 5.11 Å². The van der Waals surface area contributed by atoms with Gasteiger partial charge in [-0.2, -0.15) is 4.31 Å². The maximum absolute atomic E-state index is 12.9. The van der Waals surface area contributed by atoms with Gasteiger partial charge in [-0.15, -0.1) is 6.58 Å². The van der Waals surface area contributed by atoms with Gasteiger partial charge in [0.25, 0.3) is 0 Å². The SMILES string of the molecule is C=CC[C@H]1CC[C@@H](O)[C@H](C)N1S(=O)(=O)c1ccc(C)cc1. The molecule has 0 unspecified atom stereocenters. The third-order valence-corrected chi connectivity index (χ3v) is 6.20. The fraction of sp³-hybridized carbons (Fsp3) is 0.500. The zero-order chi connectivity index (χ0) is 15.6. The summed E-state index contributed by atoms with van der Waals surface area (Å²) in [5.41, 5.74) is 1.02. The van der Waals surface area contributed by atoms with E-state index in [1.54, 1.807) is 37.3 Å². The Bertz CT molecular complexity index is 594.